The number of hydrogen-bond acceptors (Lipinski definition) is 13. The van der Waals surface area contributed by atoms with Crippen LogP contribution >= 0.6 is 0 Å². The van der Waals surface area contributed by atoms with Crippen LogP contribution in [0.5, 0.6) is 11.5 Å². The van der Waals surface area contributed by atoms with E-state index in [0.717, 1.165) is 29.1 Å². The van der Waals surface area contributed by atoms with Crippen molar-refractivity contribution in [2.45, 2.75) is 13.3 Å². The largest absolute Gasteiger partial charge is 0.461 e. The predicted molar refractivity (Wildman–Crippen MR) is 142 cm³/mol. The van der Waals surface area contributed by atoms with Gasteiger partial charge in [0.05, 0.1) is 42.4 Å². The fraction of sp³-hybridized carbons (Fsp3) is 0.269. The van der Waals surface area contributed by atoms with Crippen LogP contribution in [0.15, 0.2) is 64.0 Å². The van der Waals surface area contributed by atoms with Gasteiger partial charge in [0.15, 0.2) is 0 Å². The highest BCUT2D eigenvalue weighted by molar-refractivity contribution is 6.42. The van der Waals surface area contributed by atoms with Crippen molar-refractivity contribution in [1.29, 1.82) is 5.26 Å². The molecule has 2 aromatic rings. The fourth-order valence-corrected chi connectivity index (χ4v) is 4.04. The number of amidine groups is 1. The first-order valence-corrected chi connectivity index (χ1v) is 12.2. The predicted octanol–water partition coefficient (Wildman–Crippen LogP) is 1.42. The molecule has 0 spiro atoms. The van der Waals surface area contributed by atoms with E-state index in [1.54, 1.807) is 18.2 Å². The summed E-state index contributed by atoms with van der Waals surface area (Å²) < 4.78 is 16.8. The van der Waals surface area contributed by atoms with Crippen LogP contribution in [0.2, 0.25) is 0 Å². The summed E-state index contributed by atoms with van der Waals surface area (Å²) in [4.78, 5) is 52.2. The minimum Gasteiger partial charge on any atom is -0.461 e. The number of primary amides is 1. The Labute approximate surface area is 233 Å². The highest BCUT2D eigenvalue weighted by Crippen LogP contribution is 2.31. The molecule has 0 aliphatic carbocycles. The molecule has 4 rings (SSSR count). The number of likely N-dealkylation sites (N-methyl/N-ethyl adjacent to an activating group) is 1. The number of hydrogen-bond donors (Lipinski definition) is 1. The summed E-state index contributed by atoms with van der Waals surface area (Å²) in [6.45, 7) is 2.81. The molecule has 0 aromatic heterocycles. The molecule has 15 heteroatoms. The lowest BCUT2D eigenvalue weighted by Crippen LogP contribution is -2.46. The zero-order valence-electron chi connectivity index (χ0n) is 22.3. The zero-order valence-corrected chi connectivity index (χ0v) is 22.3. The molecule has 15 nitrogen and oxygen atoms in total. The van der Waals surface area contributed by atoms with E-state index in [9.17, 15) is 25.0 Å². The van der Waals surface area contributed by atoms with E-state index in [1.807, 2.05) is 24.1 Å². The molecule has 2 heterocycles. The highest BCUT2D eigenvalue weighted by Gasteiger charge is 2.45. The van der Waals surface area contributed by atoms with Gasteiger partial charge in [0.2, 0.25) is 5.71 Å². The third-order valence-corrected chi connectivity index (χ3v) is 5.89. The lowest BCUT2D eigenvalue weighted by atomic mass is 10.1. The number of aliphatic imine (C=N–C) groups is 2. The number of carbonyl (C=O) groups excluding carboxylic acids is 2. The van der Waals surface area contributed by atoms with Crippen LogP contribution in [0.4, 0.5) is 0 Å². The van der Waals surface area contributed by atoms with Gasteiger partial charge in [-0.15, -0.1) is 0 Å². The van der Waals surface area contributed by atoms with Crippen molar-refractivity contribution < 1.29 is 33.6 Å². The molecule has 0 bridgehead atoms. The number of amides is 1. The Kier molecular flexibility index (Phi) is 8.44. The molecule has 0 saturated heterocycles. The van der Waals surface area contributed by atoms with E-state index >= 15 is 0 Å². The van der Waals surface area contributed by atoms with E-state index < -0.39 is 40.4 Å². The summed E-state index contributed by atoms with van der Waals surface area (Å²) in [5.41, 5.74) is 4.42. The standard InChI is InChI=1S/C26H25N7O8/c1-4-39-25(35)20-21(33(36)37)24(41-19-12-15(14-27)8-9-18(19)22(28)34)32(38-3)26(30-20)40-17-7-5-6-16(13-17)23-29-10-11-31(23)2/h5-9,12-13,26H,4,10-11H2,1-3H3,(H2,28,34). The third kappa shape index (κ3) is 5.92. The minimum atomic E-state index is -1.53. The molecular weight excluding hydrogens is 538 g/mol. The topological polar surface area (TPSA) is 195 Å². The number of carbonyl (C=O) groups is 2. The van der Waals surface area contributed by atoms with Crippen molar-refractivity contribution in [2.24, 2.45) is 15.7 Å². The first kappa shape index (κ1) is 28.5. The second-order valence-corrected chi connectivity index (χ2v) is 8.51. The summed E-state index contributed by atoms with van der Waals surface area (Å²) in [6.07, 6.45) is -1.53. The number of nitro groups is 1. The van der Waals surface area contributed by atoms with Gasteiger partial charge in [-0.05, 0) is 37.3 Å². The molecule has 1 atom stereocenters. The van der Waals surface area contributed by atoms with Crippen LogP contribution in [0.1, 0.15) is 28.4 Å². The van der Waals surface area contributed by atoms with E-state index in [2.05, 4.69) is 9.98 Å². The van der Waals surface area contributed by atoms with Gasteiger partial charge in [-0.25, -0.2) is 9.79 Å². The number of hydroxylamine groups is 2. The first-order valence-electron chi connectivity index (χ1n) is 12.2. The molecule has 1 unspecified atom stereocenters. The Bertz CT molecular complexity index is 1530. The Morgan fingerprint density at radius 3 is 2.66 bits per heavy atom. The number of nitrogens with two attached hydrogens (primary N) is 1. The van der Waals surface area contributed by atoms with Crippen molar-refractivity contribution in [2.75, 3.05) is 33.9 Å². The van der Waals surface area contributed by atoms with Crippen LogP contribution in [-0.4, -0.2) is 78.5 Å². The molecule has 0 saturated carbocycles. The van der Waals surface area contributed by atoms with Crippen LogP contribution in [-0.2, 0) is 14.4 Å². The van der Waals surface area contributed by atoms with Gasteiger partial charge in [-0.2, -0.15) is 10.3 Å². The number of benzene rings is 2. The molecule has 0 fully saturated rings. The summed E-state index contributed by atoms with van der Waals surface area (Å²) in [5.74, 6) is -2.03. The van der Waals surface area contributed by atoms with Crippen LogP contribution in [0, 0.1) is 21.4 Å². The highest BCUT2D eigenvalue weighted by atomic mass is 16.7. The van der Waals surface area contributed by atoms with E-state index in [4.69, 9.17) is 24.8 Å². The van der Waals surface area contributed by atoms with Crippen molar-refractivity contribution in [1.82, 2.24) is 9.96 Å². The molecule has 2 aliphatic heterocycles. The monoisotopic (exact) mass is 563 g/mol. The zero-order chi connectivity index (χ0) is 29.7. The molecule has 0 radical (unpaired) electrons. The van der Waals surface area contributed by atoms with Gasteiger partial charge in [0.25, 0.3) is 12.3 Å². The number of ether oxygens (including phenoxy) is 3. The molecule has 2 aromatic carbocycles. The SMILES string of the molecule is CCOC(=O)C1=NC(Oc2cccc(C3=NCCN3C)c2)N(OC)C(Oc2cc(C#N)ccc2C(N)=O)=C1[N+](=O)[O-]. The molecular formula is C26H25N7O8. The Balaban J connectivity index is 1.82. The van der Waals surface area contributed by atoms with Gasteiger partial charge in [-0.1, -0.05) is 12.1 Å². The van der Waals surface area contributed by atoms with Crippen molar-refractivity contribution in [3.05, 3.63) is 80.8 Å². The summed E-state index contributed by atoms with van der Waals surface area (Å²) in [6, 6.07) is 12.4. The van der Waals surface area contributed by atoms with Gasteiger partial charge < -0.3 is 24.8 Å². The van der Waals surface area contributed by atoms with Gasteiger partial charge in [-0.3, -0.25) is 24.7 Å². The maximum absolute atomic E-state index is 12.8. The second kappa shape index (κ2) is 12.1. The quantitative estimate of drug-likeness (QED) is 0.249. The normalized spacial score (nSPS) is 16.5. The average Bonchev–Trinajstić information content (AvgIpc) is 3.38. The smallest absolute Gasteiger partial charge is 0.364 e. The lowest BCUT2D eigenvalue weighted by Gasteiger charge is -2.32. The Morgan fingerprint density at radius 2 is 2.05 bits per heavy atom. The molecule has 2 N–H and O–H groups in total. The first-order chi connectivity index (χ1) is 19.7. The lowest BCUT2D eigenvalue weighted by molar-refractivity contribution is -0.422. The molecule has 41 heavy (non-hydrogen) atoms. The minimum absolute atomic E-state index is 0.0664. The van der Waals surface area contributed by atoms with Crippen molar-refractivity contribution >= 4 is 23.4 Å². The van der Waals surface area contributed by atoms with Crippen molar-refractivity contribution in [3.63, 3.8) is 0 Å². The molecule has 2 aliphatic rings. The number of rotatable bonds is 10. The van der Waals surface area contributed by atoms with E-state index in [1.165, 1.54) is 26.2 Å². The van der Waals surface area contributed by atoms with Crippen LogP contribution < -0.4 is 15.2 Å². The van der Waals surface area contributed by atoms with Crippen LogP contribution in [0.3, 0.4) is 0 Å². The fourth-order valence-electron chi connectivity index (χ4n) is 4.04. The number of nitrogens with zero attached hydrogens (tertiary/aromatic N) is 6. The van der Waals surface area contributed by atoms with Gasteiger partial charge in [0, 0.05) is 19.2 Å². The number of nitriles is 1. The Hall–Kier alpha value is -5.49. The third-order valence-electron chi connectivity index (χ3n) is 5.89. The number of esters is 1. The van der Waals surface area contributed by atoms with Gasteiger partial charge >= 0.3 is 17.5 Å². The van der Waals surface area contributed by atoms with Crippen molar-refractivity contribution in [3.8, 4) is 17.6 Å². The summed E-state index contributed by atoms with van der Waals surface area (Å²) in [5, 5.41) is 22.4. The summed E-state index contributed by atoms with van der Waals surface area (Å²) in [7, 11) is 3.07. The Morgan fingerprint density at radius 1 is 1.27 bits per heavy atom. The summed E-state index contributed by atoms with van der Waals surface area (Å²) >= 11 is 0. The molecule has 212 valence electrons. The van der Waals surface area contributed by atoms with E-state index in [-0.39, 0.29) is 29.2 Å². The molecule has 1 amide bonds. The average molecular weight is 564 g/mol. The maximum Gasteiger partial charge on any atom is 0.364 e. The van der Waals surface area contributed by atoms with Crippen LogP contribution in [0.25, 0.3) is 0 Å². The second-order valence-electron chi connectivity index (χ2n) is 8.51. The van der Waals surface area contributed by atoms with Gasteiger partial charge in [0.1, 0.15) is 17.3 Å². The maximum atomic E-state index is 12.8. The van der Waals surface area contributed by atoms with E-state index in [0.29, 0.717) is 6.54 Å².